The van der Waals surface area contributed by atoms with E-state index in [0.29, 0.717) is 17.9 Å². The van der Waals surface area contributed by atoms with E-state index < -0.39 is 0 Å². The molecule has 0 heterocycles. The van der Waals surface area contributed by atoms with Crippen LogP contribution in [-0.2, 0) is 6.42 Å². The third-order valence-corrected chi connectivity index (χ3v) is 4.35. The van der Waals surface area contributed by atoms with Crippen LogP contribution in [0.1, 0.15) is 24.8 Å². The van der Waals surface area contributed by atoms with Crippen LogP contribution >= 0.6 is 0 Å². The lowest BCUT2D eigenvalue weighted by Gasteiger charge is -2.20. The molecule has 3 unspecified atom stereocenters. The van der Waals surface area contributed by atoms with Gasteiger partial charge in [-0.25, -0.2) is 8.78 Å². The van der Waals surface area contributed by atoms with Gasteiger partial charge in [0.1, 0.15) is 11.6 Å². The predicted octanol–water partition coefficient (Wildman–Crippen LogP) is 2.88. The fraction of sp³-hybridized carbons (Fsp3) is 0.571. The minimum atomic E-state index is -0.386. The molecule has 0 spiro atoms. The molecule has 3 heteroatoms. The number of halogens is 2. The highest BCUT2D eigenvalue weighted by Crippen LogP contribution is 2.55. The van der Waals surface area contributed by atoms with Crippen molar-refractivity contribution < 1.29 is 8.78 Å². The summed E-state index contributed by atoms with van der Waals surface area (Å²) in [6.07, 6.45) is 4.18. The lowest BCUT2D eigenvalue weighted by molar-refractivity contribution is 0.388. The number of nitrogens with two attached hydrogens (primary N) is 1. The normalized spacial score (nSPS) is 32.3. The third kappa shape index (κ3) is 2.21. The van der Waals surface area contributed by atoms with Crippen LogP contribution in [0.5, 0.6) is 0 Å². The molecular formula is C14H17F2N. The quantitative estimate of drug-likeness (QED) is 0.859. The van der Waals surface area contributed by atoms with E-state index in [1.807, 2.05) is 0 Å². The zero-order chi connectivity index (χ0) is 12.0. The van der Waals surface area contributed by atoms with Gasteiger partial charge >= 0.3 is 0 Å². The van der Waals surface area contributed by atoms with Gasteiger partial charge in [0.2, 0.25) is 0 Å². The predicted molar refractivity (Wildman–Crippen MR) is 62.4 cm³/mol. The van der Waals surface area contributed by atoms with E-state index in [4.69, 9.17) is 5.73 Å². The summed E-state index contributed by atoms with van der Waals surface area (Å²) in [5.74, 6) is 1.53. The molecule has 2 aliphatic carbocycles. The van der Waals surface area contributed by atoms with Gasteiger partial charge < -0.3 is 5.73 Å². The van der Waals surface area contributed by atoms with E-state index in [2.05, 4.69) is 0 Å². The van der Waals surface area contributed by atoms with Crippen LogP contribution in [0.4, 0.5) is 8.78 Å². The van der Waals surface area contributed by atoms with Crippen LogP contribution in [0.15, 0.2) is 18.2 Å². The highest BCUT2D eigenvalue weighted by atomic mass is 19.1. The number of fused-ring (bicyclic) bond motifs is 1. The number of hydrogen-bond acceptors (Lipinski definition) is 1. The minimum absolute atomic E-state index is 0.0286. The average molecular weight is 237 g/mol. The molecule has 0 aromatic heterocycles. The van der Waals surface area contributed by atoms with E-state index in [9.17, 15) is 8.78 Å². The molecule has 92 valence electrons. The van der Waals surface area contributed by atoms with Gasteiger partial charge in [-0.2, -0.15) is 0 Å². The van der Waals surface area contributed by atoms with Crippen molar-refractivity contribution in [1.29, 1.82) is 0 Å². The van der Waals surface area contributed by atoms with Crippen LogP contribution in [0.25, 0.3) is 0 Å². The number of benzene rings is 1. The van der Waals surface area contributed by atoms with Crippen molar-refractivity contribution in [3.63, 3.8) is 0 Å². The molecule has 1 aromatic carbocycles. The Hall–Kier alpha value is -0.960. The van der Waals surface area contributed by atoms with Crippen LogP contribution in [0.3, 0.4) is 0 Å². The number of hydrogen-bond donors (Lipinski definition) is 1. The van der Waals surface area contributed by atoms with Crippen LogP contribution in [0.2, 0.25) is 0 Å². The summed E-state index contributed by atoms with van der Waals surface area (Å²) in [7, 11) is 0. The lowest BCUT2D eigenvalue weighted by atomic mass is 9.90. The summed E-state index contributed by atoms with van der Waals surface area (Å²) in [4.78, 5) is 0. The average Bonchev–Trinajstić information content (AvgIpc) is 2.91. The van der Waals surface area contributed by atoms with E-state index >= 15 is 0 Å². The van der Waals surface area contributed by atoms with Crippen molar-refractivity contribution in [1.82, 2.24) is 0 Å². The monoisotopic (exact) mass is 237 g/mol. The zero-order valence-corrected chi connectivity index (χ0v) is 9.70. The smallest absolute Gasteiger partial charge is 0.126 e. The molecule has 2 N–H and O–H groups in total. The molecule has 17 heavy (non-hydrogen) atoms. The van der Waals surface area contributed by atoms with Crippen LogP contribution in [0, 0.1) is 29.4 Å². The second-order valence-electron chi connectivity index (χ2n) is 5.59. The third-order valence-electron chi connectivity index (χ3n) is 4.35. The Labute approximate surface area is 100 Å². The summed E-state index contributed by atoms with van der Waals surface area (Å²) in [5.41, 5.74) is 6.54. The van der Waals surface area contributed by atoms with Gasteiger partial charge in [0, 0.05) is 6.04 Å². The maximum absolute atomic E-state index is 13.5. The highest BCUT2D eigenvalue weighted by Gasteiger charge is 2.47. The summed E-state index contributed by atoms with van der Waals surface area (Å²) in [5, 5.41) is 0. The maximum Gasteiger partial charge on any atom is 0.126 e. The van der Waals surface area contributed by atoms with E-state index in [1.54, 1.807) is 0 Å². The molecule has 0 amide bonds. The summed E-state index contributed by atoms with van der Waals surface area (Å²) < 4.78 is 26.5. The van der Waals surface area contributed by atoms with Gasteiger partial charge in [-0.3, -0.25) is 0 Å². The topological polar surface area (TPSA) is 26.0 Å². The molecule has 0 aliphatic heterocycles. The molecule has 3 rings (SSSR count). The maximum atomic E-state index is 13.5. The van der Waals surface area contributed by atoms with Gasteiger partial charge in [-0.05, 0) is 67.2 Å². The zero-order valence-electron chi connectivity index (χ0n) is 9.70. The first-order chi connectivity index (χ1) is 8.13. The molecule has 2 fully saturated rings. The standard InChI is InChI=1S/C14H17F2N/c15-12-1-2-13(16)10(6-12)7-14(17)11-4-8-3-9(8)5-11/h1-2,6,8-9,11,14H,3-5,7,17H2. The molecular weight excluding hydrogens is 220 g/mol. The lowest BCUT2D eigenvalue weighted by Crippen LogP contribution is -2.31. The van der Waals surface area contributed by atoms with Crippen LogP contribution < -0.4 is 5.73 Å². The molecule has 1 aromatic rings. The van der Waals surface area contributed by atoms with Crippen molar-refractivity contribution in [2.45, 2.75) is 31.7 Å². The van der Waals surface area contributed by atoms with Gasteiger partial charge in [-0.1, -0.05) is 0 Å². The van der Waals surface area contributed by atoms with Gasteiger partial charge in [-0.15, -0.1) is 0 Å². The van der Waals surface area contributed by atoms with Crippen molar-refractivity contribution >= 4 is 0 Å². The SMILES string of the molecule is NC(Cc1cc(F)ccc1F)C1CC2CC2C1. The molecule has 0 radical (unpaired) electrons. The fourth-order valence-electron chi connectivity index (χ4n) is 3.23. The Balaban J connectivity index is 1.67. The minimum Gasteiger partial charge on any atom is -0.327 e. The van der Waals surface area contributed by atoms with Crippen molar-refractivity contribution in [3.8, 4) is 0 Å². The Kier molecular flexibility index (Phi) is 2.66. The first-order valence-electron chi connectivity index (χ1n) is 6.33. The van der Waals surface area contributed by atoms with E-state index in [0.717, 1.165) is 17.9 Å². The summed E-state index contributed by atoms with van der Waals surface area (Å²) in [6, 6.07) is 3.57. The van der Waals surface area contributed by atoms with Crippen LogP contribution in [-0.4, -0.2) is 6.04 Å². The number of rotatable bonds is 3. The first-order valence-corrected chi connectivity index (χ1v) is 6.33. The van der Waals surface area contributed by atoms with Crippen molar-refractivity contribution in [2.75, 3.05) is 0 Å². The van der Waals surface area contributed by atoms with Gasteiger partial charge in [0.05, 0.1) is 0 Å². The molecule has 0 saturated heterocycles. The van der Waals surface area contributed by atoms with E-state index in [1.165, 1.54) is 31.4 Å². The summed E-state index contributed by atoms with van der Waals surface area (Å²) in [6.45, 7) is 0. The van der Waals surface area contributed by atoms with Gasteiger partial charge in [0.25, 0.3) is 0 Å². The first kappa shape index (κ1) is 11.1. The Morgan fingerprint density at radius 3 is 2.59 bits per heavy atom. The van der Waals surface area contributed by atoms with E-state index in [-0.39, 0.29) is 17.7 Å². The van der Waals surface area contributed by atoms with Crippen molar-refractivity contribution in [3.05, 3.63) is 35.4 Å². The largest absolute Gasteiger partial charge is 0.327 e. The fourth-order valence-corrected chi connectivity index (χ4v) is 3.23. The molecule has 1 nitrogen and oxygen atoms in total. The van der Waals surface area contributed by atoms with Crippen molar-refractivity contribution in [2.24, 2.45) is 23.5 Å². The molecule has 0 bridgehead atoms. The Morgan fingerprint density at radius 2 is 1.88 bits per heavy atom. The summed E-state index contributed by atoms with van der Waals surface area (Å²) >= 11 is 0. The Bertz CT molecular complexity index is 422. The second kappa shape index (κ2) is 4.05. The highest BCUT2D eigenvalue weighted by molar-refractivity contribution is 5.20. The Morgan fingerprint density at radius 1 is 1.18 bits per heavy atom. The van der Waals surface area contributed by atoms with Gasteiger partial charge in [0.15, 0.2) is 0 Å². The molecule has 3 atom stereocenters. The molecule has 2 saturated carbocycles. The second-order valence-corrected chi connectivity index (χ2v) is 5.59. The molecule has 2 aliphatic rings.